The van der Waals surface area contributed by atoms with Crippen LogP contribution in [0, 0.1) is 11.3 Å². The van der Waals surface area contributed by atoms with Crippen molar-refractivity contribution in [1.82, 2.24) is 4.90 Å². The zero-order chi connectivity index (χ0) is 17.5. The minimum atomic E-state index is 0.524. The smallest absolute Gasteiger partial charge is 0.124 e. The van der Waals surface area contributed by atoms with Crippen LogP contribution in [0.15, 0.2) is 61.2 Å². The summed E-state index contributed by atoms with van der Waals surface area (Å²) in [7, 11) is 0. The third kappa shape index (κ3) is 4.20. The highest BCUT2D eigenvalue weighted by Gasteiger charge is 2.20. The fourth-order valence-corrected chi connectivity index (χ4v) is 3.16. The minimum Gasteiger partial charge on any atom is -0.489 e. The van der Waals surface area contributed by atoms with E-state index < -0.39 is 0 Å². The van der Waals surface area contributed by atoms with Crippen molar-refractivity contribution in [2.75, 3.05) is 37.7 Å². The van der Waals surface area contributed by atoms with Gasteiger partial charge in [-0.1, -0.05) is 43.0 Å². The monoisotopic (exact) mass is 333 g/mol. The van der Waals surface area contributed by atoms with E-state index in [9.17, 15) is 5.26 Å². The second-order valence-corrected chi connectivity index (χ2v) is 6.10. The van der Waals surface area contributed by atoms with E-state index in [0.717, 1.165) is 49.7 Å². The van der Waals surface area contributed by atoms with E-state index in [1.54, 1.807) is 6.08 Å². The van der Waals surface area contributed by atoms with Crippen molar-refractivity contribution in [3.05, 3.63) is 72.3 Å². The zero-order valence-electron chi connectivity index (χ0n) is 14.4. The van der Waals surface area contributed by atoms with Gasteiger partial charge in [0.25, 0.3) is 0 Å². The summed E-state index contributed by atoms with van der Waals surface area (Å²) >= 11 is 0. The molecule has 1 aliphatic heterocycles. The number of anilines is 1. The number of nitriles is 1. The summed E-state index contributed by atoms with van der Waals surface area (Å²) in [4.78, 5) is 4.73. The minimum absolute atomic E-state index is 0.524. The van der Waals surface area contributed by atoms with Crippen LogP contribution in [0.5, 0.6) is 5.75 Å². The summed E-state index contributed by atoms with van der Waals surface area (Å²) in [6.45, 7) is 8.89. The lowest BCUT2D eigenvalue weighted by Crippen LogP contribution is -2.46. The maximum absolute atomic E-state index is 9.29. The number of hydrogen-bond donors (Lipinski definition) is 0. The van der Waals surface area contributed by atoms with Crippen molar-refractivity contribution >= 4 is 5.69 Å². The first-order valence-corrected chi connectivity index (χ1v) is 8.60. The quantitative estimate of drug-likeness (QED) is 0.759. The van der Waals surface area contributed by atoms with Crippen LogP contribution in [-0.4, -0.2) is 37.7 Å². The molecule has 1 aliphatic rings. The molecule has 1 saturated heterocycles. The van der Waals surface area contributed by atoms with E-state index in [-0.39, 0.29) is 0 Å². The Morgan fingerprint density at radius 2 is 1.76 bits per heavy atom. The van der Waals surface area contributed by atoms with Gasteiger partial charge in [-0.25, -0.2) is 0 Å². The molecule has 4 heteroatoms. The Morgan fingerprint density at radius 1 is 1.04 bits per heavy atom. The number of hydrogen-bond acceptors (Lipinski definition) is 4. The van der Waals surface area contributed by atoms with Crippen LogP contribution in [0.2, 0.25) is 0 Å². The molecule has 0 atom stereocenters. The maximum Gasteiger partial charge on any atom is 0.124 e. The average molecular weight is 333 g/mol. The van der Waals surface area contributed by atoms with Crippen molar-refractivity contribution in [2.45, 2.75) is 6.54 Å². The Balaban J connectivity index is 1.62. The number of nitrogens with zero attached hydrogens (tertiary/aromatic N) is 3. The molecule has 0 radical (unpaired) electrons. The molecule has 3 rings (SSSR count). The summed E-state index contributed by atoms with van der Waals surface area (Å²) in [5, 5.41) is 9.29. The van der Waals surface area contributed by atoms with Crippen LogP contribution in [0.3, 0.4) is 0 Å². The largest absolute Gasteiger partial charge is 0.489 e. The van der Waals surface area contributed by atoms with E-state index in [4.69, 9.17) is 4.74 Å². The summed E-state index contributed by atoms with van der Waals surface area (Å²) < 4.78 is 5.76. The molecule has 4 nitrogen and oxygen atoms in total. The SMILES string of the molecule is C=CCOc1ccccc1CN1CCN(c2ccccc2C#N)CC1. The zero-order valence-corrected chi connectivity index (χ0v) is 14.4. The molecule has 0 N–H and O–H groups in total. The molecule has 0 saturated carbocycles. The van der Waals surface area contributed by atoms with Gasteiger partial charge >= 0.3 is 0 Å². The number of piperazine rings is 1. The van der Waals surface area contributed by atoms with E-state index >= 15 is 0 Å². The normalized spacial score (nSPS) is 14.8. The lowest BCUT2D eigenvalue weighted by molar-refractivity contribution is 0.244. The average Bonchev–Trinajstić information content (AvgIpc) is 2.68. The highest BCUT2D eigenvalue weighted by molar-refractivity contribution is 5.59. The van der Waals surface area contributed by atoms with Crippen molar-refractivity contribution < 1.29 is 4.74 Å². The third-order valence-electron chi connectivity index (χ3n) is 4.46. The van der Waals surface area contributed by atoms with Gasteiger partial charge in [0.15, 0.2) is 0 Å². The van der Waals surface area contributed by atoms with Gasteiger partial charge in [0.1, 0.15) is 18.4 Å². The van der Waals surface area contributed by atoms with Gasteiger partial charge < -0.3 is 9.64 Å². The molecule has 25 heavy (non-hydrogen) atoms. The van der Waals surface area contributed by atoms with Crippen LogP contribution in [0.25, 0.3) is 0 Å². The lowest BCUT2D eigenvalue weighted by atomic mass is 10.1. The van der Waals surface area contributed by atoms with E-state index in [1.807, 2.05) is 36.4 Å². The maximum atomic E-state index is 9.29. The second-order valence-electron chi connectivity index (χ2n) is 6.10. The van der Waals surface area contributed by atoms with Gasteiger partial charge in [0, 0.05) is 38.3 Å². The predicted molar refractivity (Wildman–Crippen MR) is 101 cm³/mol. The molecular weight excluding hydrogens is 310 g/mol. The highest BCUT2D eigenvalue weighted by Crippen LogP contribution is 2.23. The standard InChI is InChI=1S/C21H23N3O/c1-2-15-25-21-10-6-4-8-19(21)17-23-11-13-24(14-12-23)20-9-5-3-7-18(20)16-22/h2-10H,1,11-15,17H2. The highest BCUT2D eigenvalue weighted by atomic mass is 16.5. The number of ether oxygens (including phenoxy) is 1. The Labute approximate surface area is 149 Å². The summed E-state index contributed by atoms with van der Waals surface area (Å²) in [5.41, 5.74) is 2.99. The van der Waals surface area contributed by atoms with Crippen molar-refractivity contribution in [3.8, 4) is 11.8 Å². The number of para-hydroxylation sites is 2. The van der Waals surface area contributed by atoms with E-state index in [1.165, 1.54) is 5.56 Å². The molecule has 2 aromatic carbocycles. The molecule has 0 amide bonds. The molecule has 2 aromatic rings. The number of rotatable bonds is 6. The van der Waals surface area contributed by atoms with Crippen LogP contribution >= 0.6 is 0 Å². The summed E-state index contributed by atoms with van der Waals surface area (Å²) in [5.74, 6) is 0.930. The van der Waals surface area contributed by atoms with Crippen LogP contribution in [-0.2, 0) is 6.54 Å². The first-order chi connectivity index (χ1) is 12.3. The molecule has 128 valence electrons. The summed E-state index contributed by atoms with van der Waals surface area (Å²) in [6.07, 6.45) is 1.77. The van der Waals surface area contributed by atoms with Gasteiger partial charge in [0.2, 0.25) is 0 Å². The van der Waals surface area contributed by atoms with Crippen LogP contribution in [0.1, 0.15) is 11.1 Å². The van der Waals surface area contributed by atoms with Gasteiger partial charge in [-0.05, 0) is 18.2 Å². The van der Waals surface area contributed by atoms with Gasteiger partial charge in [0.05, 0.1) is 11.3 Å². The predicted octanol–water partition coefficient (Wildman–Crippen LogP) is 3.45. The number of benzene rings is 2. The van der Waals surface area contributed by atoms with Gasteiger partial charge in [-0.15, -0.1) is 0 Å². The second kappa shape index (κ2) is 8.36. The molecular formula is C21H23N3O. The van der Waals surface area contributed by atoms with E-state index in [2.05, 4.69) is 34.6 Å². The van der Waals surface area contributed by atoms with Crippen molar-refractivity contribution in [1.29, 1.82) is 5.26 Å². The fourth-order valence-electron chi connectivity index (χ4n) is 3.16. The molecule has 0 bridgehead atoms. The lowest BCUT2D eigenvalue weighted by Gasteiger charge is -2.36. The molecule has 0 unspecified atom stereocenters. The third-order valence-corrected chi connectivity index (χ3v) is 4.46. The van der Waals surface area contributed by atoms with E-state index in [0.29, 0.717) is 6.61 Å². The molecule has 0 aromatic heterocycles. The molecule has 1 fully saturated rings. The van der Waals surface area contributed by atoms with Crippen LogP contribution in [0.4, 0.5) is 5.69 Å². The Hall–Kier alpha value is -2.77. The fraction of sp³-hybridized carbons (Fsp3) is 0.286. The van der Waals surface area contributed by atoms with Crippen LogP contribution < -0.4 is 9.64 Å². The van der Waals surface area contributed by atoms with Gasteiger partial charge in [-0.2, -0.15) is 5.26 Å². The first-order valence-electron chi connectivity index (χ1n) is 8.60. The summed E-state index contributed by atoms with van der Waals surface area (Å²) in [6, 6.07) is 18.3. The molecule has 1 heterocycles. The van der Waals surface area contributed by atoms with Gasteiger partial charge in [-0.3, -0.25) is 4.90 Å². The molecule has 0 spiro atoms. The first kappa shape index (κ1) is 17.1. The Kier molecular flexibility index (Phi) is 5.71. The van der Waals surface area contributed by atoms with Crippen molar-refractivity contribution in [2.24, 2.45) is 0 Å². The Bertz CT molecular complexity index is 758. The van der Waals surface area contributed by atoms with Crippen molar-refractivity contribution in [3.63, 3.8) is 0 Å². The molecule has 0 aliphatic carbocycles. The Morgan fingerprint density at radius 3 is 2.52 bits per heavy atom. The topological polar surface area (TPSA) is 39.5 Å².